The van der Waals surface area contributed by atoms with Gasteiger partial charge in [0.05, 0.1) is 0 Å². The average Bonchev–Trinajstić information content (AvgIpc) is 2.26. The molecule has 0 spiro atoms. The van der Waals surface area contributed by atoms with Gasteiger partial charge in [-0.1, -0.05) is 0 Å². The molecule has 82 valence electrons. The van der Waals surface area contributed by atoms with Gasteiger partial charge in [-0.05, 0) is 6.92 Å². The van der Waals surface area contributed by atoms with Gasteiger partial charge in [-0.15, -0.1) is 0 Å². The van der Waals surface area contributed by atoms with Gasteiger partial charge in [0, 0.05) is 36.2 Å². The van der Waals surface area contributed by atoms with E-state index in [1.54, 1.807) is 14.0 Å². The first kappa shape index (κ1) is 12.2. The summed E-state index contributed by atoms with van der Waals surface area (Å²) in [4.78, 5) is 11.4. The van der Waals surface area contributed by atoms with Crippen molar-refractivity contribution in [3.05, 3.63) is 0 Å². The Hall–Kier alpha value is 0.130. The van der Waals surface area contributed by atoms with E-state index in [2.05, 4.69) is 5.32 Å². The van der Waals surface area contributed by atoms with Crippen molar-refractivity contribution in [3.63, 3.8) is 0 Å². The van der Waals surface area contributed by atoms with Crippen LogP contribution in [-0.4, -0.2) is 48.2 Å². The van der Waals surface area contributed by atoms with Crippen LogP contribution >= 0.6 is 23.5 Å². The number of ether oxygens (including phenoxy) is 1. The van der Waals surface area contributed by atoms with E-state index in [-0.39, 0.29) is 12.0 Å². The Morgan fingerprint density at radius 2 is 2.43 bits per heavy atom. The summed E-state index contributed by atoms with van der Waals surface area (Å²) in [7, 11) is 1.55. The smallest absolute Gasteiger partial charge is 0.248 e. The van der Waals surface area contributed by atoms with Gasteiger partial charge in [-0.2, -0.15) is 23.5 Å². The molecular weight excluding hydrogens is 218 g/mol. The molecule has 1 heterocycles. The van der Waals surface area contributed by atoms with Crippen molar-refractivity contribution in [3.8, 4) is 0 Å². The van der Waals surface area contributed by atoms with Crippen molar-refractivity contribution < 1.29 is 9.53 Å². The van der Waals surface area contributed by atoms with Crippen LogP contribution in [0.25, 0.3) is 0 Å². The largest absolute Gasteiger partial charge is 0.372 e. The van der Waals surface area contributed by atoms with Crippen LogP contribution in [0.4, 0.5) is 0 Å². The molecule has 5 heteroatoms. The lowest BCUT2D eigenvalue weighted by atomic mass is 10.3. The van der Waals surface area contributed by atoms with E-state index in [1.165, 1.54) is 11.5 Å². The summed E-state index contributed by atoms with van der Waals surface area (Å²) in [5.41, 5.74) is 0. The van der Waals surface area contributed by atoms with Gasteiger partial charge in [0.1, 0.15) is 6.10 Å². The highest BCUT2D eigenvalue weighted by atomic mass is 32.2. The van der Waals surface area contributed by atoms with Gasteiger partial charge in [0.2, 0.25) is 5.91 Å². The first-order valence-electron chi connectivity index (χ1n) is 4.74. The van der Waals surface area contributed by atoms with E-state index < -0.39 is 0 Å². The van der Waals surface area contributed by atoms with E-state index in [1.807, 2.05) is 23.5 Å². The van der Waals surface area contributed by atoms with Crippen LogP contribution in [0.3, 0.4) is 0 Å². The zero-order chi connectivity index (χ0) is 10.4. The molecule has 1 aliphatic rings. The molecular formula is C9H17NO2S2. The molecule has 2 atom stereocenters. The average molecular weight is 235 g/mol. The molecule has 1 aliphatic heterocycles. The SMILES string of the molecule is COC(C)C(=O)NCC1CSCCS1. The molecule has 14 heavy (non-hydrogen) atoms. The van der Waals surface area contributed by atoms with Crippen LogP contribution in [-0.2, 0) is 9.53 Å². The number of hydrogen-bond donors (Lipinski definition) is 1. The lowest BCUT2D eigenvalue weighted by molar-refractivity contribution is -0.129. The van der Waals surface area contributed by atoms with Crippen molar-refractivity contribution in [1.29, 1.82) is 0 Å². The molecule has 1 N–H and O–H groups in total. The van der Waals surface area contributed by atoms with Crippen LogP contribution < -0.4 is 5.32 Å². The maximum absolute atomic E-state index is 11.4. The standard InChI is InChI=1S/C9H17NO2S2/c1-7(12-2)9(11)10-5-8-6-13-3-4-14-8/h7-8H,3-6H2,1-2H3,(H,10,11). The molecule has 1 rings (SSSR count). The fourth-order valence-electron chi connectivity index (χ4n) is 1.12. The van der Waals surface area contributed by atoms with Crippen molar-refractivity contribution in [2.24, 2.45) is 0 Å². The minimum atomic E-state index is -0.337. The van der Waals surface area contributed by atoms with Gasteiger partial charge < -0.3 is 10.1 Å². The van der Waals surface area contributed by atoms with Crippen LogP contribution in [0.15, 0.2) is 0 Å². The summed E-state index contributed by atoms with van der Waals surface area (Å²) >= 11 is 3.91. The molecule has 1 amide bonds. The van der Waals surface area contributed by atoms with E-state index in [9.17, 15) is 4.79 Å². The normalized spacial score (nSPS) is 24.3. The van der Waals surface area contributed by atoms with E-state index in [0.29, 0.717) is 5.25 Å². The highest BCUT2D eigenvalue weighted by molar-refractivity contribution is 8.06. The Labute approximate surface area is 93.7 Å². The van der Waals surface area contributed by atoms with Crippen LogP contribution in [0.1, 0.15) is 6.92 Å². The highest BCUT2D eigenvalue weighted by Gasteiger charge is 2.17. The minimum absolute atomic E-state index is 0.0105. The summed E-state index contributed by atoms with van der Waals surface area (Å²) in [6.07, 6.45) is -0.337. The van der Waals surface area contributed by atoms with Crippen LogP contribution in [0.2, 0.25) is 0 Å². The van der Waals surface area contributed by atoms with Crippen molar-refractivity contribution in [2.75, 3.05) is 30.9 Å². The summed E-state index contributed by atoms with van der Waals surface area (Å²) in [6.45, 7) is 2.53. The first-order chi connectivity index (χ1) is 6.74. The molecule has 1 fully saturated rings. The Balaban J connectivity index is 2.15. The molecule has 0 saturated carbocycles. The third kappa shape index (κ3) is 4.11. The van der Waals surface area contributed by atoms with E-state index >= 15 is 0 Å². The van der Waals surface area contributed by atoms with Gasteiger partial charge in [-0.25, -0.2) is 0 Å². The number of carbonyl (C=O) groups is 1. The van der Waals surface area contributed by atoms with Crippen molar-refractivity contribution >= 4 is 29.4 Å². The lowest BCUT2D eigenvalue weighted by Gasteiger charge is -2.21. The second kappa shape index (κ2) is 6.58. The Morgan fingerprint density at radius 1 is 1.64 bits per heavy atom. The molecule has 0 aromatic carbocycles. The van der Waals surface area contributed by atoms with Crippen LogP contribution in [0.5, 0.6) is 0 Å². The quantitative estimate of drug-likeness (QED) is 0.788. The zero-order valence-corrected chi connectivity index (χ0v) is 10.2. The topological polar surface area (TPSA) is 38.3 Å². The summed E-state index contributed by atoms with van der Waals surface area (Å²) in [6, 6.07) is 0. The molecule has 2 unspecified atom stereocenters. The highest BCUT2D eigenvalue weighted by Crippen LogP contribution is 2.23. The second-order valence-corrected chi connectivity index (χ2v) is 5.75. The summed E-state index contributed by atoms with van der Waals surface area (Å²) in [5.74, 6) is 3.57. The third-order valence-electron chi connectivity index (χ3n) is 2.11. The summed E-state index contributed by atoms with van der Waals surface area (Å²) in [5, 5.41) is 3.48. The van der Waals surface area contributed by atoms with Gasteiger partial charge >= 0.3 is 0 Å². The number of hydrogen-bond acceptors (Lipinski definition) is 4. The molecule has 3 nitrogen and oxygen atoms in total. The third-order valence-corrected chi connectivity index (χ3v) is 4.96. The number of methoxy groups -OCH3 is 1. The Kier molecular flexibility index (Phi) is 5.74. The van der Waals surface area contributed by atoms with Crippen molar-refractivity contribution in [2.45, 2.75) is 18.3 Å². The fourth-order valence-corrected chi connectivity index (χ4v) is 3.73. The summed E-state index contributed by atoms with van der Waals surface area (Å²) < 4.78 is 4.93. The van der Waals surface area contributed by atoms with Gasteiger partial charge in [0.25, 0.3) is 0 Å². The number of amides is 1. The molecule has 0 aromatic rings. The minimum Gasteiger partial charge on any atom is -0.372 e. The molecule has 0 aliphatic carbocycles. The fraction of sp³-hybridized carbons (Fsp3) is 0.889. The predicted molar refractivity (Wildman–Crippen MR) is 63.1 cm³/mol. The number of thioether (sulfide) groups is 2. The van der Waals surface area contributed by atoms with Gasteiger partial charge in [0.15, 0.2) is 0 Å². The Bertz CT molecular complexity index is 184. The first-order valence-corrected chi connectivity index (χ1v) is 6.94. The molecule has 0 bridgehead atoms. The van der Waals surface area contributed by atoms with Crippen LogP contribution in [0, 0.1) is 0 Å². The Morgan fingerprint density at radius 3 is 3.00 bits per heavy atom. The predicted octanol–water partition coefficient (Wildman–Crippen LogP) is 0.986. The number of carbonyl (C=O) groups excluding carboxylic acids is 1. The number of nitrogens with one attached hydrogen (secondary N) is 1. The van der Waals surface area contributed by atoms with E-state index in [4.69, 9.17) is 4.74 Å². The maximum Gasteiger partial charge on any atom is 0.248 e. The monoisotopic (exact) mass is 235 g/mol. The molecule has 0 radical (unpaired) electrons. The lowest BCUT2D eigenvalue weighted by Crippen LogP contribution is -2.39. The molecule has 0 aromatic heterocycles. The number of rotatable bonds is 4. The molecule has 1 saturated heterocycles. The zero-order valence-electron chi connectivity index (χ0n) is 8.62. The van der Waals surface area contributed by atoms with Crippen molar-refractivity contribution in [1.82, 2.24) is 5.32 Å². The van der Waals surface area contributed by atoms with Gasteiger partial charge in [-0.3, -0.25) is 4.79 Å². The van der Waals surface area contributed by atoms with E-state index in [0.717, 1.165) is 12.3 Å². The maximum atomic E-state index is 11.4. The second-order valence-electron chi connectivity index (χ2n) is 3.19.